The highest BCUT2D eigenvalue weighted by Crippen LogP contribution is 2.43. The van der Waals surface area contributed by atoms with Crippen LogP contribution in [0, 0.1) is 0 Å². The normalized spacial score (nSPS) is 12.9. The van der Waals surface area contributed by atoms with Crippen LogP contribution >= 0.6 is 7.82 Å². The van der Waals surface area contributed by atoms with Crippen LogP contribution in [0.4, 0.5) is 0 Å². The first-order valence-electron chi connectivity index (χ1n) is 26.5. The highest BCUT2D eigenvalue weighted by Gasteiger charge is 2.26. The molecule has 1 amide bonds. The molecule has 0 aromatic heterocycles. The molecule has 0 aromatic carbocycles. The van der Waals surface area contributed by atoms with Gasteiger partial charge in [-0.25, -0.2) is 4.57 Å². The van der Waals surface area contributed by atoms with E-state index in [1.54, 1.807) is 0 Å². The molecule has 0 aliphatic heterocycles. The summed E-state index contributed by atoms with van der Waals surface area (Å²) in [6, 6.07) is 0. The van der Waals surface area contributed by atoms with Crippen LogP contribution < -0.4 is 5.32 Å². The first kappa shape index (κ1) is 60.5. The van der Waals surface area contributed by atoms with Gasteiger partial charge in [0.1, 0.15) is 6.61 Å². The zero-order valence-corrected chi connectivity index (χ0v) is 41.7. The van der Waals surface area contributed by atoms with Crippen molar-refractivity contribution in [2.75, 3.05) is 26.4 Å². The standard InChI is InChI=1S/C51H100NO9P/c1-4-7-10-13-16-19-22-24-27-30-33-36-39-42-50(54)58-46-48(61-51(55)43-40-37-34-31-28-25-23-20-17-14-11-8-5-2)47-60-62(56,57)59-45-44-52-49(53)41-38-35-32-29-26-21-18-15-12-9-6-3/h48H,4-47H2,1-3H3,(H,52,53)(H,56,57)/t48-/m1/s1. The number of phosphoric ester groups is 1. The van der Waals surface area contributed by atoms with E-state index in [0.717, 1.165) is 57.8 Å². The van der Waals surface area contributed by atoms with Gasteiger partial charge in [0.25, 0.3) is 0 Å². The zero-order valence-electron chi connectivity index (χ0n) is 40.9. The van der Waals surface area contributed by atoms with Gasteiger partial charge in [-0.2, -0.15) is 0 Å². The number of carbonyl (C=O) groups is 3. The summed E-state index contributed by atoms with van der Waals surface area (Å²) in [6.07, 6.45) is 44.6. The Morgan fingerprint density at radius 3 is 1.13 bits per heavy atom. The predicted molar refractivity (Wildman–Crippen MR) is 257 cm³/mol. The number of rotatable bonds is 50. The van der Waals surface area contributed by atoms with Crippen LogP contribution in [0.2, 0.25) is 0 Å². The van der Waals surface area contributed by atoms with Crippen molar-refractivity contribution in [2.45, 2.75) is 284 Å². The third-order valence-corrected chi connectivity index (χ3v) is 12.8. The van der Waals surface area contributed by atoms with E-state index in [1.165, 1.54) is 173 Å². The molecule has 2 atom stereocenters. The minimum Gasteiger partial charge on any atom is -0.462 e. The SMILES string of the molecule is CCCCCCCCCCCCCCCC(=O)OC[C@H](COP(=O)(O)OCCNC(=O)CCCCCCCCCCCCC)OC(=O)CCCCCCCCCCCCCCC. The largest absolute Gasteiger partial charge is 0.472 e. The highest BCUT2D eigenvalue weighted by atomic mass is 31.2. The number of ether oxygens (including phenoxy) is 2. The fourth-order valence-corrected chi connectivity index (χ4v) is 8.55. The summed E-state index contributed by atoms with van der Waals surface area (Å²) in [7, 11) is -4.52. The van der Waals surface area contributed by atoms with Crippen molar-refractivity contribution in [3.05, 3.63) is 0 Å². The number of phosphoric acid groups is 1. The molecule has 2 N–H and O–H groups in total. The Hall–Kier alpha value is -1.48. The Labute approximate surface area is 382 Å². The lowest BCUT2D eigenvalue weighted by Crippen LogP contribution is -2.30. The van der Waals surface area contributed by atoms with Gasteiger partial charge >= 0.3 is 19.8 Å². The van der Waals surface area contributed by atoms with Crippen LogP contribution in [0.25, 0.3) is 0 Å². The molecule has 0 aliphatic carbocycles. The van der Waals surface area contributed by atoms with E-state index in [4.69, 9.17) is 18.5 Å². The van der Waals surface area contributed by atoms with Crippen molar-refractivity contribution >= 4 is 25.7 Å². The molecule has 0 spiro atoms. The number of unbranched alkanes of at least 4 members (excludes halogenated alkanes) is 34. The van der Waals surface area contributed by atoms with Crippen LogP contribution in [-0.4, -0.2) is 55.2 Å². The molecule has 0 saturated heterocycles. The molecular weight excluding hydrogens is 802 g/mol. The van der Waals surface area contributed by atoms with Crippen LogP contribution in [0.3, 0.4) is 0 Å². The third kappa shape index (κ3) is 46.5. The van der Waals surface area contributed by atoms with E-state index >= 15 is 0 Å². The number of hydrogen-bond donors (Lipinski definition) is 2. The molecule has 0 saturated carbocycles. The Morgan fingerprint density at radius 2 is 0.758 bits per heavy atom. The van der Waals surface area contributed by atoms with Gasteiger partial charge in [-0.15, -0.1) is 0 Å². The Kier molecular flexibility index (Phi) is 46.3. The number of nitrogens with one attached hydrogen (secondary N) is 1. The van der Waals surface area contributed by atoms with Crippen molar-refractivity contribution < 1.29 is 42.4 Å². The van der Waals surface area contributed by atoms with Crippen molar-refractivity contribution in [2.24, 2.45) is 0 Å². The summed E-state index contributed by atoms with van der Waals surface area (Å²) in [5.41, 5.74) is 0. The lowest BCUT2D eigenvalue weighted by Gasteiger charge is -2.20. The van der Waals surface area contributed by atoms with E-state index in [-0.39, 0.29) is 38.5 Å². The fraction of sp³-hybridized carbons (Fsp3) is 0.941. The van der Waals surface area contributed by atoms with Gasteiger partial charge in [0.2, 0.25) is 5.91 Å². The molecule has 0 radical (unpaired) electrons. The smallest absolute Gasteiger partial charge is 0.462 e. The van der Waals surface area contributed by atoms with Gasteiger partial charge in [-0.1, -0.05) is 239 Å². The second-order valence-corrected chi connectivity index (χ2v) is 19.5. The minimum absolute atomic E-state index is 0.0686. The van der Waals surface area contributed by atoms with Gasteiger partial charge in [-0.05, 0) is 19.3 Å². The molecule has 368 valence electrons. The number of hydrogen-bond acceptors (Lipinski definition) is 8. The summed E-state index contributed by atoms with van der Waals surface area (Å²) in [6.45, 7) is 5.86. The maximum absolute atomic E-state index is 12.8. The van der Waals surface area contributed by atoms with Gasteiger partial charge in [-0.3, -0.25) is 23.4 Å². The molecule has 62 heavy (non-hydrogen) atoms. The zero-order chi connectivity index (χ0) is 45.5. The average molecular weight is 902 g/mol. The molecule has 10 nitrogen and oxygen atoms in total. The fourth-order valence-electron chi connectivity index (χ4n) is 7.80. The van der Waals surface area contributed by atoms with E-state index < -0.39 is 32.5 Å². The molecule has 11 heteroatoms. The maximum Gasteiger partial charge on any atom is 0.472 e. The molecule has 0 bridgehead atoms. The summed E-state index contributed by atoms with van der Waals surface area (Å²) in [4.78, 5) is 47.9. The third-order valence-electron chi connectivity index (χ3n) is 11.8. The summed E-state index contributed by atoms with van der Waals surface area (Å²) in [5.74, 6) is -0.962. The van der Waals surface area contributed by atoms with E-state index in [0.29, 0.717) is 12.8 Å². The summed E-state index contributed by atoms with van der Waals surface area (Å²) >= 11 is 0. The van der Waals surface area contributed by atoms with Gasteiger partial charge in [0.15, 0.2) is 6.10 Å². The molecule has 1 unspecified atom stereocenters. The van der Waals surface area contributed by atoms with Crippen LogP contribution in [-0.2, 0) is 37.5 Å². The number of esters is 2. The van der Waals surface area contributed by atoms with Crippen molar-refractivity contribution in [3.8, 4) is 0 Å². The first-order valence-corrected chi connectivity index (χ1v) is 28.0. The Balaban J connectivity index is 4.49. The lowest BCUT2D eigenvalue weighted by atomic mass is 10.0. The monoisotopic (exact) mass is 902 g/mol. The molecule has 0 heterocycles. The van der Waals surface area contributed by atoms with E-state index in [2.05, 4.69) is 26.1 Å². The van der Waals surface area contributed by atoms with Crippen molar-refractivity contribution in [3.63, 3.8) is 0 Å². The molecule has 0 aromatic rings. The average Bonchev–Trinajstić information content (AvgIpc) is 3.25. The van der Waals surface area contributed by atoms with Gasteiger partial charge in [0, 0.05) is 25.8 Å². The van der Waals surface area contributed by atoms with Crippen molar-refractivity contribution in [1.82, 2.24) is 5.32 Å². The second-order valence-electron chi connectivity index (χ2n) is 18.0. The molecule has 0 fully saturated rings. The minimum atomic E-state index is -4.52. The summed E-state index contributed by atoms with van der Waals surface area (Å²) in [5, 5.41) is 2.73. The second kappa shape index (κ2) is 47.5. The Bertz CT molecular complexity index is 1040. The molecule has 0 aliphatic rings. The predicted octanol–water partition coefficient (Wildman–Crippen LogP) is 15.4. The van der Waals surface area contributed by atoms with E-state index in [9.17, 15) is 23.8 Å². The number of carbonyl (C=O) groups excluding carboxylic acids is 3. The number of amides is 1. The van der Waals surface area contributed by atoms with Crippen molar-refractivity contribution in [1.29, 1.82) is 0 Å². The quantitative estimate of drug-likeness (QED) is 0.0347. The van der Waals surface area contributed by atoms with Crippen LogP contribution in [0.1, 0.15) is 278 Å². The lowest BCUT2D eigenvalue weighted by molar-refractivity contribution is -0.161. The molecule has 0 rings (SSSR count). The first-order chi connectivity index (χ1) is 30.2. The van der Waals surface area contributed by atoms with E-state index in [1.807, 2.05) is 0 Å². The summed E-state index contributed by atoms with van der Waals surface area (Å²) < 4.78 is 34.0. The molecular formula is C51H100NO9P. The van der Waals surface area contributed by atoms with Crippen LogP contribution in [0.5, 0.6) is 0 Å². The van der Waals surface area contributed by atoms with Gasteiger partial charge in [0.05, 0.1) is 13.2 Å². The highest BCUT2D eigenvalue weighted by molar-refractivity contribution is 7.47. The van der Waals surface area contributed by atoms with Gasteiger partial charge < -0.3 is 19.7 Å². The Morgan fingerprint density at radius 1 is 0.435 bits per heavy atom. The van der Waals surface area contributed by atoms with Crippen LogP contribution in [0.15, 0.2) is 0 Å². The topological polar surface area (TPSA) is 137 Å². The maximum atomic E-state index is 12.8.